The van der Waals surface area contributed by atoms with Crippen molar-refractivity contribution in [2.24, 2.45) is 0 Å². The predicted molar refractivity (Wildman–Crippen MR) is 40.0 cm³/mol. The topological polar surface area (TPSA) is 20.7 Å². The monoisotopic (exact) mass is 142 g/mol. The third-order valence-corrected chi connectivity index (χ3v) is 1.57. The fraction of sp³-hybridized carbons (Fsp3) is 0.500. The van der Waals surface area contributed by atoms with Crippen molar-refractivity contribution in [3.8, 4) is 0 Å². The summed E-state index contributed by atoms with van der Waals surface area (Å²) in [5.41, 5.74) is 1.13. The molecule has 0 fully saturated rings. The van der Waals surface area contributed by atoms with Gasteiger partial charge in [-0.15, -0.1) is 0 Å². The molecule has 1 heterocycles. The molecule has 0 spiro atoms. The van der Waals surface area contributed by atoms with Crippen LogP contribution < -0.4 is 0 Å². The molecule has 0 aliphatic rings. The van der Waals surface area contributed by atoms with Gasteiger partial charge in [0, 0.05) is 12.2 Å². The van der Waals surface area contributed by atoms with Crippen LogP contribution in [0.5, 0.6) is 0 Å². The number of aryl methyl sites for hydroxylation is 2. The quantitative estimate of drug-likeness (QED) is 0.594. The first kappa shape index (κ1) is 6.55. The Balaban J connectivity index is 3.16. The summed E-state index contributed by atoms with van der Waals surface area (Å²) in [5.74, 6) is 0. The number of aromatic nitrogens is 2. The lowest BCUT2D eigenvalue weighted by Crippen LogP contribution is -1.95. The first-order chi connectivity index (χ1) is 4.24. The maximum Gasteiger partial charge on any atom is 0.122 e. The van der Waals surface area contributed by atoms with Crippen LogP contribution in [0.3, 0.4) is 0 Å². The number of hydrogen-bond donors (Lipinski definition) is 1. The fourth-order valence-corrected chi connectivity index (χ4v) is 1.15. The van der Waals surface area contributed by atoms with E-state index >= 15 is 0 Å². The van der Waals surface area contributed by atoms with Gasteiger partial charge < -0.3 is 5.10 Å². The van der Waals surface area contributed by atoms with Crippen LogP contribution in [0.1, 0.15) is 12.6 Å². The van der Waals surface area contributed by atoms with Gasteiger partial charge in [-0.3, -0.25) is 4.68 Å². The first-order valence-corrected chi connectivity index (χ1v) is 3.41. The van der Waals surface area contributed by atoms with E-state index in [0.29, 0.717) is 0 Å². The molecule has 0 amide bonds. The highest BCUT2D eigenvalue weighted by Gasteiger charge is 1.89. The van der Waals surface area contributed by atoms with Crippen LogP contribution in [0.4, 0.5) is 0 Å². The molecule has 3 heteroatoms. The fourth-order valence-electron chi connectivity index (χ4n) is 0.798. The number of nitrogens with one attached hydrogen (secondary N) is 1. The SMILES string of the molecule is CCn1[nH]c(C)cc1=S. The zero-order chi connectivity index (χ0) is 6.85. The Morgan fingerprint density at radius 3 is 2.67 bits per heavy atom. The van der Waals surface area contributed by atoms with E-state index in [-0.39, 0.29) is 0 Å². The van der Waals surface area contributed by atoms with Gasteiger partial charge in [0.1, 0.15) is 4.64 Å². The molecule has 1 aromatic heterocycles. The van der Waals surface area contributed by atoms with Crippen molar-refractivity contribution in [3.63, 3.8) is 0 Å². The molecule has 1 N–H and O–H groups in total. The molecule has 1 rings (SSSR count). The Hall–Kier alpha value is -0.570. The van der Waals surface area contributed by atoms with Crippen molar-refractivity contribution in [1.82, 2.24) is 9.78 Å². The minimum atomic E-state index is 0.884. The van der Waals surface area contributed by atoms with Crippen molar-refractivity contribution in [1.29, 1.82) is 0 Å². The van der Waals surface area contributed by atoms with Crippen molar-refractivity contribution < 1.29 is 0 Å². The van der Waals surface area contributed by atoms with Crippen molar-refractivity contribution in [2.75, 3.05) is 0 Å². The summed E-state index contributed by atoms with van der Waals surface area (Å²) in [6.07, 6.45) is 0. The van der Waals surface area contributed by atoms with Gasteiger partial charge in [-0.2, -0.15) is 0 Å². The normalized spacial score (nSPS) is 10.0. The lowest BCUT2D eigenvalue weighted by molar-refractivity contribution is 0.645. The standard InChI is InChI=1S/C6H10N2S/c1-3-8-6(9)4-5(2)7-8/h4,7H,3H2,1-2H3. The minimum Gasteiger partial charge on any atom is -0.302 e. The minimum absolute atomic E-state index is 0.884. The van der Waals surface area contributed by atoms with Crippen LogP contribution in [-0.4, -0.2) is 9.78 Å². The molecule has 0 unspecified atom stereocenters. The predicted octanol–water partition coefficient (Wildman–Crippen LogP) is 1.87. The van der Waals surface area contributed by atoms with E-state index in [2.05, 4.69) is 12.0 Å². The summed E-state index contributed by atoms with van der Waals surface area (Å²) < 4.78 is 2.82. The second-order valence-corrected chi connectivity index (χ2v) is 2.44. The zero-order valence-electron chi connectivity index (χ0n) is 5.64. The van der Waals surface area contributed by atoms with Gasteiger partial charge in [0.05, 0.1) is 0 Å². The zero-order valence-corrected chi connectivity index (χ0v) is 6.46. The number of nitrogens with zero attached hydrogens (tertiary/aromatic N) is 1. The molecule has 9 heavy (non-hydrogen) atoms. The summed E-state index contributed by atoms with van der Waals surface area (Å²) in [7, 11) is 0. The van der Waals surface area contributed by atoms with Crippen molar-refractivity contribution >= 4 is 12.2 Å². The molecule has 2 nitrogen and oxygen atoms in total. The summed E-state index contributed by atoms with van der Waals surface area (Å²) >= 11 is 5.00. The molecule has 0 aliphatic heterocycles. The van der Waals surface area contributed by atoms with Gasteiger partial charge in [0.15, 0.2) is 0 Å². The van der Waals surface area contributed by atoms with Crippen LogP contribution >= 0.6 is 12.2 Å². The molecule has 0 radical (unpaired) electrons. The molecule has 50 valence electrons. The van der Waals surface area contributed by atoms with Gasteiger partial charge >= 0.3 is 0 Å². The highest BCUT2D eigenvalue weighted by atomic mass is 32.1. The lowest BCUT2D eigenvalue weighted by Gasteiger charge is -1.93. The molecular weight excluding hydrogens is 132 g/mol. The summed E-state index contributed by atoms with van der Waals surface area (Å²) in [4.78, 5) is 0. The Kier molecular flexibility index (Phi) is 1.71. The average molecular weight is 142 g/mol. The molecule has 0 saturated carbocycles. The highest BCUT2D eigenvalue weighted by Crippen LogP contribution is 1.95. The lowest BCUT2D eigenvalue weighted by atomic mass is 10.5. The molecule has 0 bridgehead atoms. The van der Waals surface area contributed by atoms with Crippen molar-refractivity contribution in [2.45, 2.75) is 20.4 Å². The number of rotatable bonds is 1. The third-order valence-electron chi connectivity index (χ3n) is 1.23. The van der Waals surface area contributed by atoms with Crippen LogP contribution in [0.25, 0.3) is 0 Å². The van der Waals surface area contributed by atoms with Crippen LogP contribution in [-0.2, 0) is 6.54 Å². The first-order valence-electron chi connectivity index (χ1n) is 3.00. The highest BCUT2D eigenvalue weighted by molar-refractivity contribution is 7.71. The Bertz CT molecular complexity index is 246. The molecule has 1 aromatic rings. The molecule has 0 atom stereocenters. The number of H-pyrrole nitrogens is 1. The van der Waals surface area contributed by atoms with E-state index in [0.717, 1.165) is 16.9 Å². The number of aromatic amines is 1. The van der Waals surface area contributed by atoms with E-state index in [1.54, 1.807) is 0 Å². The van der Waals surface area contributed by atoms with Gasteiger partial charge in [0.2, 0.25) is 0 Å². The molecule has 0 saturated heterocycles. The van der Waals surface area contributed by atoms with E-state index in [4.69, 9.17) is 12.2 Å². The maximum atomic E-state index is 5.00. The van der Waals surface area contributed by atoms with Crippen LogP contribution in [0.15, 0.2) is 6.07 Å². The Morgan fingerprint density at radius 2 is 2.44 bits per heavy atom. The van der Waals surface area contributed by atoms with Gasteiger partial charge in [-0.05, 0) is 19.9 Å². The van der Waals surface area contributed by atoms with Gasteiger partial charge in [0.25, 0.3) is 0 Å². The van der Waals surface area contributed by atoms with Crippen molar-refractivity contribution in [3.05, 3.63) is 16.4 Å². The Labute approximate surface area is 59.5 Å². The summed E-state index contributed by atoms with van der Waals surface area (Å²) in [6.45, 7) is 4.99. The van der Waals surface area contributed by atoms with E-state index < -0.39 is 0 Å². The number of hydrogen-bond acceptors (Lipinski definition) is 1. The maximum absolute atomic E-state index is 5.00. The van der Waals surface area contributed by atoms with Crippen LogP contribution in [0.2, 0.25) is 0 Å². The smallest absolute Gasteiger partial charge is 0.122 e. The van der Waals surface area contributed by atoms with Gasteiger partial charge in [-0.1, -0.05) is 12.2 Å². The second-order valence-electron chi connectivity index (χ2n) is 2.02. The van der Waals surface area contributed by atoms with E-state index in [9.17, 15) is 0 Å². The summed E-state index contributed by atoms with van der Waals surface area (Å²) in [6, 6.07) is 1.96. The largest absolute Gasteiger partial charge is 0.302 e. The molecular formula is C6H10N2S. The average Bonchev–Trinajstić information content (AvgIpc) is 2.10. The Morgan fingerprint density at radius 1 is 1.78 bits per heavy atom. The van der Waals surface area contributed by atoms with E-state index in [1.807, 2.05) is 17.7 Å². The summed E-state index contributed by atoms with van der Waals surface area (Å²) in [5, 5.41) is 3.11. The van der Waals surface area contributed by atoms with Crippen LogP contribution in [0, 0.1) is 11.6 Å². The molecule has 0 aliphatic carbocycles. The third kappa shape index (κ3) is 1.21. The van der Waals surface area contributed by atoms with Gasteiger partial charge in [-0.25, -0.2) is 0 Å². The van der Waals surface area contributed by atoms with E-state index in [1.165, 1.54) is 0 Å². The second kappa shape index (κ2) is 2.35. The molecule has 0 aromatic carbocycles.